The van der Waals surface area contributed by atoms with E-state index in [1.54, 1.807) is 18.2 Å². The van der Waals surface area contributed by atoms with Gasteiger partial charge in [0.1, 0.15) is 5.41 Å². The van der Waals surface area contributed by atoms with Gasteiger partial charge in [0.05, 0.1) is 5.69 Å². The lowest BCUT2D eigenvalue weighted by Crippen LogP contribution is -2.38. The van der Waals surface area contributed by atoms with Crippen molar-refractivity contribution in [2.24, 2.45) is 5.41 Å². The summed E-state index contributed by atoms with van der Waals surface area (Å²) in [5, 5.41) is 12.1. The first-order valence-corrected chi connectivity index (χ1v) is 6.20. The predicted octanol–water partition coefficient (Wildman–Crippen LogP) is 2.99. The molecule has 0 bridgehead atoms. The van der Waals surface area contributed by atoms with Gasteiger partial charge in [-0.2, -0.15) is 0 Å². The number of aliphatic carboxylic acids is 1. The Morgan fingerprint density at radius 2 is 2.00 bits per heavy atom. The second-order valence-corrected chi connectivity index (χ2v) is 5.61. The number of anilines is 1. The van der Waals surface area contributed by atoms with Crippen LogP contribution in [0.5, 0.6) is 0 Å². The first kappa shape index (κ1) is 14.2. The van der Waals surface area contributed by atoms with Gasteiger partial charge in [-0.3, -0.25) is 9.59 Å². The molecule has 6 heteroatoms. The Balaban J connectivity index is 2.92. The molecule has 0 fully saturated rings. The first-order valence-electron chi connectivity index (χ1n) is 4.75. The molecule has 4 nitrogen and oxygen atoms in total. The SMILES string of the molecule is CC(C)(C(=O)O)C(=O)Nc1ccc(Cl)cc1I. The Morgan fingerprint density at radius 1 is 1.41 bits per heavy atom. The minimum absolute atomic E-state index is 0.550. The number of carbonyl (C=O) groups excluding carboxylic acids is 1. The molecule has 0 aliphatic heterocycles. The third-order valence-electron chi connectivity index (χ3n) is 2.28. The molecule has 0 aliphatic carbocycles. The topological polar surface area (TPSA) is 66.4 Å². The highest BCUT2D eigenvalue weighted by atomic mass is 127. The van der Waals surface area contributed by atoms with E-state index in [1.165, 1.54) is 13.8 Å². The summed E-state index contributed by atoms with van der Waals surface area (Å²) in [6, 6.07) is 4.96. The van der Waals surface area contributed by atoms with E-state index in [9.17, 15) is 9.59 Å². The molecule has 0 aromatic heterocycles. The van der Waals surface area contributed by atoms with Crippen LogP contribution in [0.4, 0.5) is 5.69 Å². The minimum atomic E-state index is -1.47. The Bertz CT molecular complexity index is 474. The third-order valence-corrected chi connectivity index (χ3v) is 3.41. The van der Waals surface area contributed by atoms with E-state index in [4.69, 9.17) is 16.7 Å². The molecule has 92 valence electrons. The van der Waals surface area contributed by atoms with E-state index in [0.717, 1.165) is 3.57 Å². The summed E-state index contributed by atoms with van der Waals surface area (Å²) in [7, 11) is 0. The molecule has 0 aliphatic rings. The van der Waals surface area contributed by atoms with Crippen molar-refractivity contribution in [3.8, 4) is 0 Å². The van der Waals surface area contributed by atoms with Crippen LogP contribution in [0.25, 0.3) is 0 Å². The number of carbonyl (C=O) groups is 2. The van der Waals surface area contributed by atoms with E-state index in [-0.39, 0.29) is 0 Å². The van der Waals surface area contributed by atoms with Gasteiger partial charge in [-0.05, 0) is 54.6 Å². The van der Waals surface area contributed by atoms with Gasteiger partial charge in [-0.15, -0.1) is 0 Å². The Hall–Kier alpha value is -0.820. The van der Waals surface area contributed by atoms with Crippen LogP contribution in [-0.2, 0) is 9.59 Å². The quantitative estimate of drug-likeness (QED) is 0.637. The van der Waals surface area contributed by atoms with Gasteiger partial charge >= 0.3 is 5.97 Å². The molecule has 1 amide bonds. The molecule has 0 heterocycles. The predicted molar refractivity (Wildman–Crippen MR) is 74.2 cm³/mol. The highest BCUT2D eigenvalue weighted by Crippen LogP contribution is 2.25. The molecule has 0 spiro atoms. The van der Waals surface area contributed by atoms with Gasteiger partial charge in [-0.25, -0.2) is 0 Å². The van der Waals surface area contributed by atoms with Crippen molar-refractivity contribution < 1.29 is 14.7 Å². The van der Waals surface area contributed by atoms with Crippen LogP contribution in [0.2, 0.25) is 5.02 Å². The van der Waals surface area contributed by atoms with Crippen LogP contribution < -0.4 is 5.32 Å². The summed E-state index contributed by atoms with van der Waals surface area (Å²) < 4.78 is 0.754. The number of nitrogens with one attached hydrogen (secondary N) is 1. The lowest BCUT2D eigenvalue weighted by Gasteiger charge is -2.19. The molecule has 0 unspecified atom stereocenters. The van der Waals surface area contributed by atoms with E-state index >= 15 is 0 Å². The second kappa shape index (κ2) is 5.22. The van der Waals surface area contributed by atoms with Gasteiger partial charge in [-0.1, -0.05) is 11.6 Å². The maximum Gasteiger partial charge on any atom is 0.318 e. The summed E-state index contributed by atoms with van der Waals surface area (Å²) in [5.41, 5.74) is -0.919. The van der Waals surface area contributed by atoms with Crippen LogP contribution in [0.1, 0.15) is 13.8 Å². The van der Waals surface area contributed by atoms with Gasteiger partial charge in [0, 0.05) is 8.59 Å². The van der Waals surface area contributed by atoms with Crippen LogP contribution in [0, 0.1) is 8.99 Å². The van der Waals surface area contributed by atoms with Crippen LogP contribution in [0.15, 0.2) is 18.2 Å². The molecule has 1 rings (SSSR count). The van der Waals surface area contributed by atoms with Crippen LogP contribution >= 0.6 is 34.2 Å². The number of carboxylic acid groups (broad SMARTS) is 1. The summed E-state index contributed by atoms with van der Waals surface area (Å²) >= 11 is 7.80. The smallest absolute Gasteiger partial charge is 0.318 e. The monoisotopic (exact) mass is 367 g/mol. The molecule has 0 saturated carbocycles. The summed E-state index contributed by atoms with van der Waals surface area (Å²) in [4.78, 5) is 22.7. The summed E-state index contributed by atoms with van der Waals surface area (Å²) in [6.07, 6.45) is 0. The number of carboxylic acids is 1. The maximum absolute atomic E-state index is 11.8. The maximum atomic E-state index is 11.8. The molecular weight excluding hydrogens is 356 g/mol. The average Bonchev–Trinajstić information content (AvgIpc) is 2.21. The highest BCUT2D eigenvalue weighted by Gasteiger charge is 2.36. The lowest BCUT2D eigenvalue weighted by atomic mass is 9.92. The first-order chi connectivity index (χ1) is 7.75. The van der Waals surface area contributed by atoms with Gasteiger partial charge in [0.25, 0.3) is 0 Å². The molecule has 17 heavy (non-hydrogen) atoms. The zero-order valence-electron chi connectivity index (χ0n) is 9.25. The fourth-order valence-electron chi connectivity index (χ4n) is 0.967. The Labute approximate surface area is 117 Å². The number of hydrogen-bond acceptors (Lipinski definition) is 2. The summed E-state index contributed by atoms with van der Waals surface area (Å²) in [5.74, 6) is -1.73. The van der Waals surface area contributed by atoms with Gasteiger partial charge < -0.3 is 10.4 Å². The van der Waals surface area contributed by atoms with E-state index in [0.29, 0.717) is 10.7 Å². The zero-order valence-corrected chi connectivity index (χ0v) is 12.2. The van der Waals surface area contributed by atoms with Crippen LogP contribution in [0.3, 0.4) is 0 Å². The van der Waals surface area contributed by atoms with Gasteiger partial charge in [0.15, 0.2) is 0 Å². The molecule has 0 radical (unpaired) electrons. The normalized spacial score (nSPS) is 11.1. The fraction of sp³-hybridized carbons (Fsp3) is 0.273. The Kier molecular flexibility index (Phi) is 4.37. The number of halogens is 2. The molecule has 0 saturated heterocycles. The fourth-order valence-corrected chi connectivity index (χ4v) is 1.97. The second-order valence-electron chi connectivity index (χ2n) is 4.01. The molecular formula is C11H11ClINO3. The number of amides is 1. The van der Waals surface area contributed by atoms with Crippen LogP contribution in [-0.4, -0.2) is 17.0 Å². The molecule has 2 N–H and O–H groups in total. The number of hydrogen-bond donors (Lipinski definition) is 2. The van der Waals surface area contributed by atoms with Crippen molar-refractivity contribution in [3.63, 3.8) is 0 Å². The third kappa shape index (κ3) is 3.32. The van der Waals surface area contributed by atoms with Crippen molar-refractivity contribution in [3.05, 3.63) is 26.8 Å². The molecule has 1 aromatic carbocycles. The van der Waals surface area contributed by atoms with Crippen molar-refractivity contribution in [2.45, 2.75) is 13.8 Å². The van der Waals surface area contributed by atoms with Crippen molar-refractivity contribution in [2.75, 3.05) is 5.32 Å². The zero-order chi connectivity index (χ0) is 13.2. The average molecular weight is 368 g/mol. The number of benzene rings is 1. The largest absolute Gasteiger partial charge is 0.480 e. The minimum Gasteiger partial charge on any atom is -0.480 e. The van der Waals surface area contributed by atoms with Gasteiger partial charge in [0.2, 0.25) is 5.91 Å². The van der Waals surface area contributed by atoms with Crippen molar-refractivity contribution in [1.82, 2.24) is 0 Å². The van der Waals surface area contributed by atoms with E-state index in [2.05, 4.69) is 5.32 Å². The lowest BCUT2D eigenvalue weighted by molar-refractivity contribution is -0.151. The highest BCUT2D eigenvalue weighted by molar-refractivity contribution is 14.1. The molecule has 0 atom stereocenters. The standard InChI is InChI=1S/C11H11ClINO3/c1-11(2,10(16)17)9(15)14-8-4-3-6(12)5-7(8)13/h3-5H,1-2H3,(H,14,15)(H,16,17). The Morgan fingerprint density at radius 3 is 2.47 bits per heavy atom. The van der Waals surface area contributed by atoms with E-state index < -0.39 is 17.3 Å². The summed E-state index contributed by atoms with van der Waals surface area (Å²) in [6.45, 7) is 2.71. The number of rotatable bonds is 3. The van der Waals surface area contributed by atoms with Crippen molar-refractivity contribution >= 4 is 51.8 Å². The van der Waals surface area contributed by atoms with Crippen molar-refractivity contribution in [1.29, 1.82) is 0 Å². The van der Waals surface area contributed by atoms with E-state index in [1.807, 2.05) is 22.6 Å². The molecule has 1 aromatic rings.